The first-order valence-corrected chi connectivity index (χ1v) is 2.71. The van der Waals surface area contributed by atoms with Crippen LogP contribution in [-0.4, -0.2) is 19.9 Å². The van der Waals surface area contributed by atoms with Crippen LogP contribution in [0.1, 0.15) is 6.92 Å². The molecule has 0 unspecified atom stereocenters. The summed E-state index contributed by atoms with van der Waals surface area (Å²) < 4.78 is 25.3. The largest absolute Gasteiger partial charge is 1.00 e. The molecule has 0 spiro atoms. The minimum absolute atomic E-state index is 0. The van der Waals surface area contributed by atoms with Crippen molar-refractivity contribution >= 4 is 11.4 Å². The second-order valence-corrected chi connectivity index (χ2v) is 1.11. The van der Waals surface area contributed by atoms with Crippen molar-refractivity contribution < 1.29 is 41.4 Å². The maximum atomic E-state index is 8.44. The third-order valence-corrected chi connectivity index (χ3v) is 0. The van der Waals surface area contributed by atoms with Crippen LogP contribution in [0.2, 0.25) is 0 Å². The summed E-state index contributed by atoms with van der Waals surface area (Å²) >= 11 is -3.11. The van der Waals surface area contributed by atoms with Crippen molar-refractivity contribution in [2.24, 2.45) is 0 Å². The maximum Gasteiger partial charge on any atom is 1.00 e. The van der Waals surface area contributed by atoms with E-state index >= 15 is 0 Å². The molecule has 56 valence electrons. The van der Waals surface area contributed by atoms with Crippen molar-refractivity contribution in [3.63, 3.8) is 0 Å². The molecule has 0 bridgehead atoms. The summed E-state index contributed by atoms with van der Waals surface area (Å²) in [5.41, 5.74) is 3.49. The monoisotopic (exact) mass is 323 g/mol. The molecule has 0 aliphatic rings. The molecule has 0 saturated heterocycles. The number of hydrogen-bond donors (Lipinski definition) is 1. The Morgan fingerprint density at radius 3 is 1.62 bits per heavy atom. The van der Waals surface area contributed by atoms with Crippen molar-refractivity contribution in [3.8, 4) is 0 Å². The van der Waals surface area contributed by atoms with Crippen molar-refractivity contribution in [1.29, 1.82) is 0 Å². The summed E-state index contributed by atoms with van der Waals surface area (Å²) in [4.78, 5) is 0. The van der Waals surface area contributed by atoms with Gasteiger partial charge in [-0.3, -0.25) is 4.21 Å². The molecule has 0 saturated carbocycles. The zero-order valence-electron chi connectivity index (χ0n) is 4.35. The standard InChI is InChI=1S/C2H7N.Au.H2O3S/c1-2-3;;1-4(2)3/h2-3H2,1H3;;(H2,1,2,3)/q;+1;/p-1. The molecule has 0 aliphatic heterocycles. The Morgan fingerprint density at radius 2 is 1.62 bits per heavy atom. The molecule has 0 aliphatic carbocycles. The molecule has 8 heavy (non-hydrogen) atoms. The van der Waals surface area contributed by atoms with Crippen LogP contribution in [-0.2, 0) is 33.7 Å². The van der Waals surface area contributed by atoms with E-state index in [1.165, 1.54) is 0 Å². The molecule has 0 heterocycles. The van der Waals surface area contributed by atoms with Gasteiger partial charge in [-0.15, -0.1) is 11.4 Å². The van der Waals surface area contributed by atoms with Gasteiger partial charge in [0.2, 0.25) is 0 Å². The van der Waals surface area contributed by atoms with Crippen LogP contribution in [0.15, 0.2) is 0 Å². The molecule has 3 N–H and O–H groups in total. The minimum atomic E-state index is -3.11. The number of quaternary nitrogens is 1. The van der Waals surface area contributed by atoms with Crippen molar-refractivity contribution in [2.45, 2.75) is 6.92 Å². The molecule has 4 nitrogen and oxygen atoms in total. The van der Waals surface area contributed by atoms with Crippen LogP contribution in [0, 0.1) is 0 Å². The first-order valence-electron chi connectivity index (χ1n) is 1.71. The van der Waals surface area contributed by atoms with E-state index < -0.39 is 11.4 Å². The summed E-state index contributed by atoms with van der Waals surface area (Å²) in [7, 11) is 0. The van der Waals surface area contributed by atoms with Gasteiger partial charge in [-0.2, -0.15) is 0 Å². The zero-order chi connectivity index (χ0) is 6.28. The fourth-order valence-corrected chi connectivity index (χ4v) is 0. The Kier molecular flexibility index (Phi) is 31.1. The first kappa shape index (κ1) is 15.9. The molecule has 0 amide bonds. The van der Waals surface area contributed by atoms with Gasteiger partial charge in [-0.05, 0) is 6.92 Å². The van der Waals surface area contributed by atoms with Gasteiger partial charge in [0.15, 0.2) is 0 Å². The average molecular weight is 323 g/mol. The number of rotatable bonds is 0. The second-order valence-electron chi connectivity index (χ2n) is 0.704. The van der Waals surface area contributed by atoms with Gasteiger partial charge in [0.25, 0.3) is 0 Å². The van der Waals surface area contributed by atoms with Crippen molar-refractivity contribution in [1.82, 2.24) is 0 Å². The molecule has 0 fully saturated rings. The quantitative estimate of drug-likeness (QED) is 0.423. The molecule has 0 rings (SSSR count). The molecule has 0 atom stereocenters. The molecular formula is C2H8AuNO3S. The van der Waals surface area contributed by atoms with Gasteiger partial charge >= 0.3 is 22.4 Å². The van der Waals surface area contributed by atoms with E-state index in [1.807, 2.05) is 6.92 Å². The van der Waals surface area contributed by atoms with Gasteiger partial charge < -0.3 is 14.8 Å². The predicted octanol–water partition coefficient (Wildman–Crippen LogP) is -1.76. The van der Waals surface area contributed by atoms with E-state index in [4.69, 9.17) is 13.3 Å². The van der Waals surface area contributed by atoms with Gasteiger partial charge in [-0.25, -0.2) is 0 Å². The van der Waals surface area contributed by atoms with E-state index in [0.29, 0.717) is 0 Å². The Labute approximate surface area is 66.5 Å². The molecular weight excluding hydrogens is 315 g/mol. The third kappa shape index (κ3) is 380. The van der Waals surface area contributed by atoms with Gasteiger partial charge in [0.05, 0.1) is 6.54 Å². The van der Waals surface area contributed by atoms with Crippen molar-refractivity contribution in [2.75, 3.05) is 6.54 Å². The predicted molar refractivity (Wildman–Crippen MR) is 23.1 cm³/mol. The second kappa shape index (κ2) is 15.7. The summed E-state index contributed by atoms with van der Waals surface area (Å²) in [6.07, 6.45) is 0. The van der Waals surface area contributed by atoms with E-state index in [-0.39, 0.29) is 22.4 Å². The Morgan fingerprint density at radius 1 is 1.62 bits per heavy atom. The third-order valence-electron chi connectivity index (χ3n) is 0. The Hall–Kier alpha value is 0.770. The molecule has 0 aromatic heterocycles. The summed E-state index contributed by atoms with van der Waals surface area (Å²) in [6.45, 7) is 3.01. The molecule has 0 aromatic carbocycles. The van der Waals surface area contributed by atoms with Crippen LogP contribution in [0.4, 0.5) is 0 Å². The van der Waals surface area contributed by atoms with Gasteiger partial charge in [0.1, 0.15) is 0 Å². The zero-order valence-corrected chi connectivity index (χ0v) is 7.33. The van der Waals surface area contributed by atoms with Crippen LogP contribution in [0.3, 0.4) is 0 Å². The van der Waals surface area contributed by atoms with Gasteiger partial charge in [0, 0.05) is 0 Å². The molecule has 6 heteroatoms. The average Bonchev–Trinajstić information content (AvgIpc) is 1.33. The van der Waals surface area contributed by atoms with Gasteiger partial charge in [-0.1, -0.05) is 0 Å². The SMILES string of the molecule is CC[NH3+].O=S([O-])[O-].[Au+]. The van der Waals surface area contributed by atoms with Crippen molar-refractivity contribution in [3.05, 3.63) is 0 Å². The van der Waals surface area contributed by atoms with E-state index in [2.05, 4.69) is 5.73 Å². The first-order chi connectivity index (χ1) is 3.15. The van der Waals surface area contributed by atoms with E-state index in [1.54, 1.807) is 0 Å². The van der Waals surface area contributed by atoms with E-state index in [0.717, 1.165) is 6.54 Å². The molecule has 0 aromatic rings. The Bertz CT molecular complexity index is 48.5. The summed E-state index contributed by atoms with van der Waals surface area (Å²) in [5.74, 6) is 0. The summed E-state index contributed by atoms with van der Waals surface area (Å²) in [6, 6.07) is 0. The van der Waals surface area contributed by atoms with Crippen LogP contribution < -0.4 is 5.73 Å². The van der Waals surface area contributed by atoms with Crippen LogP contribution in [0.25, 0.3) is 0 Å². The van der Waals surface area contributed by atoms with Crippen LogP contribution in [0.5, 0.6) is 0 Å². The topological polar surface area (TPSA) is 90.8 Å². The summed E-state index contributed by atoms with van der Waals surface area (Å²) in [5, 5.41) is 0. The fourth-order valence-electron chi connectivity index (χ4n) is 0. The maximum absolute atomic E-state index is 8.44. The van der Waals surface area contributed by atoms with E-state index in [9.17, 15) is 0 Å². The molecule has 0 radical (unpaired) electrons. The fraction of sp³-hybridized carbons (Fsp3) is 1.00. The van der Waals surface area contributed by atoms with Crippen LogP contribution >= 0.6 is 0 Å². The smallest absolute Gasteiger partial charge is 0.784 e. The Balaban J connectivity index is -0.0000000575. The number of hydrogen-bond acceptors (Lipinski definition) is 3. The minimum Gasteiger partial charge on any atom is -0.784 e. The normalized spacial score (nSPS) is 6.62.